The van der Waals surface area contributed by atoms with Crippen molar-refractivity contribution in [3.8, 4) is 0 Å². The second-order valence-corrected chi connectivity index (χ2v) is 4.47. The first-order valence-electron chi connectivity index (χ1n) is 4.70. The molecule has 4 heteroatoms. The van der Waals surface area contributed by atoms with Gasteiger partial charge >= 0.3 is 0 Å². The molecule has 0 atom stereocenters. The molecule has 3 rings (SSSR count). The zero-order valence-corrected chi connectivity index (χ0v) is 9.19. The molecule has 2 aromatic heterocycles. The van der Waals surface area contributed by atoms with Crippen molar-refractivity contribution >= 4 is 27.0 Å². The van der Waals surface area contributed by atoms with Gasteiger partial charge in [-0.25, -0.2) is 4.98 Å². The number of hydrogen-bond donors (Lipinski definition) is 2. The first-order chi connectivity index (χ1) is 6.84. The van der Waals surface area contributed by atoms with E-state index in [9.17, 15) is 0 Å². The number of halogens is 1. The summed E-state index contributed by atoms with van der Waals surface area (Å²) in [7, 11) is 0. The standard InChI is InChI=1S/C10H10BrN3/c11-6-3-8-7-1-2-12-5-9(7)14-10(8)13-4-6/h3-4,12H,1-2,5H2,(H,13,14). The SMILES string of the molecule is Brc1cnc2[nH]c3c(c2c1)CCNC3. The van der Waals surface area contributed by atoms with E-state index in [0.29, 0.717) is 0 Å². The Hall–Kier alpha value is -0.870. The van der Waals surface area contributed by atoms with E-state index < -0.39 is 0 Å². The van der Waals surface area contributed by atoms with Crippen LogP contribution in [0.2, 0.25) is 0 Å². The Morgan fingerprint density at radius 2 is 2.36 bits per heavy atom. The van der Waals surface area contributed by atoms with Crippen LogP contribution in [-0.4, -0.2) is 16.5 Å². The summed E-state index contributed by atoms with van der Waals surface area (Å²) in [4.78, 5) is 7.70. The number of pyridine rings is 1. The van der Waals surface area contributed by atoms with Crippen LogP contribution < -0.4 is 5.32 Å². The molecule has 0 spiro atoms. The molecule has 72 valence electrons. The Labute approximate surface area is 90.0 Å². The average Bonchev–Trinajstić information content (AvgIpc) is 2.56. The number of aromatic nitrogens is 2. The number of nitrogens with zero attached hydrogens (tertiary/aromatic N) is 1. The second-order valence-electron chi connectivity index (χ2n) is 3.56. The van der Waals surface area contributed by atoms with Crippen LogP contribution in [0.1, 0.15) is 11.3 Å². The lowest BCUT2D eigenvalue weighted by atomic mass is 10.1. The third-order valence-electron chi connectivity index (χ3n) is 2.67. The van der Waals surface area contributed by atoms with Gasteiger partial charge in [0, 0.05) is 28.3 Å². The van der Waals surface area contributed by atoms with Gasteiger partial charge in [-0.15, -0.1) is 0 Å². The molecule has 1 aliphatic heterocycles. The van der Waals surface area contributed by atoms with Crippen LogP contribution in [0.15, 0.2) is 16.7 Å². The van der Waals surface area contributed by atoms with Crippen LogP contribution in [0.4, 0.5) is 0 Å². The molecule has 14 heavy (non-hydrogen) atoms. The first-order valence-corrected chi connectivity index (χ1v) is 5.49. The van der Waals surface area contributed by atoms with E-state index in [2.05, 4.69) is 37.3 Å². The highest BCUT2D eigenvalue weighted by atomic mass is 79.9. The zero-order chi connectivity index (χ0) is 9.54. The Balaban J connectivity index is 2.32. The molecule has 0 radical (unpaired) electrons. The monoisotopic (exact) mass is 251 g/mol. The highest BCUT2D eigenvalue weighted by Crippen LogP contribution is 2.25. The fraction of sp³-hybridized carbons (Fsp3) is 0.300. The maximum absolute atomic E-state index is 4.36. The lowest BCUT2D eigenvalue weighted by Crippen LogP contribution is -2.22. The molecule has 0 aromatic carbocycles. The van der Waals surface area contributed by atoms with Gasteiger partial charge in [-0.3, -0.25) is 0 Å². The van der Waals surface area contributed by atoms with Crippen LogP contribution in [0.25, 0.3) is 11.0 Å². The van der Waals surface area contributed by atoms with Crippen LogP contribution in [0, 0.1) is 0 Å². The molecule has 2 N–H and O–H groups in total. The van der Waals surface area contributed by atoms with Crippen molar-refractivity contribution in [3.63, 3.8) is 0 Å². The molecule has 0 saturated heterocycles. The molecule has 3 heterocycles. The number of fused-ring (bicyclic) bond motifs is 3. The number of hydrogen-bond acceptors (Lipinski definition) is 2. The van der Waals surface area contributed by atoms with Crippen molar-refractivity contribution in [2.24, 2.45) is 0 Å². The molecular weight excluding hydrogens is 242 g/mol. The quantitative estimate of drug-likeness (QED) is 0.752. The summed E-state index contributed by atoms with van der Waals surface area (Å²) in [6.45, 7) is 2.00. The lowest BCUT2D eigenvalue weighted by Gasteiger charge is -2.12. The van der Waals surface area contributed by atoms with Gasteiger partial charge in [0.25, 0.3) is 0 Å². The minimum absolute atomic E-state index is 0.934. The zero-order valence-electron chi connectivity index (χ0n) is 7.60. The molecule has 0 amide bonds. The molecule has 0 aliphatic carbocycles. The predicted octanol–water partition coefficient (Wildman–Crippen LogP) is 1.97. The molecule has 0 fully saturated rings. The summed E-state index contributed by atoms with van der Waals surface area (Å²) in [5.41, 5.74) is 3.71. The van der Waals surface area contributed by atoms with Crippen molar-refractivity contribution in [2.45, 2.75) is 13.0 Å². The maximum Gasteiger partial charge on any atom is 0.137 e. The van der Waals surface area contributed by atoms with Crippen molar-refractivity contribution in [1.82, 2.24) is 15.3 Å². The highest BCUT2D eigenvalue weighted by Gasteiger charge is 2.15. The molecule has 2 aromatic rings. The third kappa shape index (κ3) is 1.18. The summed E-state index contributed by atoms with van der Waals surface area (Å²) in [6.07, 6.45) is 2.92. The van der Waals surface area contributed by atoms with Gasteiger partial charge in [-0.2, -0.15) is 0 Å². The predicted molar refractivity (Wildman–Crippen MR) is 59.2 cm³/mol. The average molecular weight is 252 g/mol. The number of aromatic amines is 1. The highest BCUT2D eigenvalue weighted by molar-refractivity contribution is 9.10. The van der Waals surface area contributed by atoms with E-state index in [4.69, 9.17) is 0 Å². The fourth-order valence-electron chi connectivity index (χ4n) is 2.01. The first kappa shape index (κ1) is 8.44. The van der Waals surface area contributed by atoms with E-state index in [1.165, 1.54) is 16.6 Å². The van der Waals surface area contributed by atoms with Gasteiger partial charge in [-0.05, 0) is 40.5 Å². The summed E-state index contributed by atoms with van der Waals surface area (Å²) in [5.74, 6) is 0. The normalized spacial score (nSPS) is 15.8. The summed E-state index contributed by atoms with van der Waals surface area (Å²) < 4.78 is 1.05. The largest absolute Gasteiger partial charge is 0.342 e. The van der Waals surface area contributed by atoms with E-state index in [1.54, 1.807) is 0 Å². The van der Waals surface area contributed by atoms with E-state index in [0.717, 1.165) is 29.6 Å². The van der Waals surface area contributed by atoms with Crippen LogP contribution >= 0.6 is 15.9 Å². The van der Waals surface area contributed by atoms with Gasteiger partial charge in [0.1, 0.15) is 5.65 Å². The molecule has 0 bridgehead atoms. The summed E-state index contributed by atoms with van der Waals surface area (Å²) >= 11 is 3.45. The topological polar surface area (TPSA) is 40.7 Å². The van der Waals surface area contributed by atoms with Gasteiger partial charge in [0.05, 0.1) is 0 Å². The van der Waals surface area contributed by atoms with Crippen LogP contribution in [0.5, 0.6) is 0 Å². The Morgan fingerprint density at radius 1 is 1.43 bits per heavy atom. The Morgan fingerprint density at radius 3 is 3.29 bits per heavy atom. The fourth-order valence-corrected chi connectivity index (χ4v) is 2.34. The Kier molecular flexibility index (Phi) is 1.85. The van der Waals surface area contributed by atoms with E-state index >= 15 is 0 Å². The van der Waals surface area contributed by atoms with Crippen molar-refractivity contribution in [3.05, 3.63) is 28.0 Å². The van der Waals surface area contributed by atoms with Crippen molar-refractivity contribution in [2.75, 3.05) is 6.54 Å². The molecule has 0 saturated carbocycles. The minimum Gasteiger partial charge on any atom is -0.342 e. The van der Waals surface area contributed by atoms with Crippen LogP contribution in [-0.2, 0) is 13.0 Å². The molecule has 1 aliphatic rings. The second kappa shape index (κ2) is 3.07. The van der Waals surface area contributed by atoms with Gasteiger partial charge in [0.2, 0.25) is 0 Å². The smallest absolute Gasteiger partial charge is 0.137 e. The Bertz CT molecular complexity index is 489. The number of rotatable bonds is 0. The van der Waals surface area contributed by atoms with E-state index in [1.807, 2.05) is 6.20 Å². The van der Waals surface area contributed by atoms with Crippen molar-refractivity contribution in [1.29, 1.82) is 0 Å². The molecular formula is C10H10BrN3. The van der Waals surface area contributed by atoms with Gasteiger partial charge in [0.15, 0.2) is 0 Å². The minimum atomic E-state index is 0.934. The third-order valence-corrected chi connectivity index (χ3v) is 3.10. The maximum atomic E-state index is 4.36. The van der Waals surface area contributed by atoms with E-state index in [-0.39, 0.29) is 0 Å². The van der Waals surface area contributed by atoms with Crippen LogP contribution in [0.3, 0.4) is 0 Å². The summed E-state index contributed by atoms with van der Waals surface area (Å²) in [5, 5.41) is 4.61. The van der Waals surface area contributed by atoms with Crippen molar-refractivity contribution < 1.29 is 0 Å². The number of H-pyrrole nitrogens is 1. The number of nitrogens with one attached hydrogen (secondary N) is 2. The molecule has 3 nitrogen and oxygen atoms in total. The summed E-state index contributed by atoms with van der Waals surface area (Å²) in [6, 6.07) is 2.14. The van der Waals surface area contributed by atoms with Gasteiger partial charge < -0.3 is 10.3 Å². The molecule has 0 unspecified atom stereocenters. The van der Waals surface area contributed by atoms with Gasteiger partial charge in [-0.1, -0.05) is 0 Å². The lowest BCUT2D eigenvalue weighted by molar-refractivity contribution is 0.637.